The van der Waals surface area contributed by atoms with E-state index in [1.807, 2.05) is 40.0 Å². The molecule has 10 rings (SSSR count). The fourth-order valence-corrected chi connectivity index (χ4v) is 12.2. The largest absolute Gasteiger partial charge is 0.504 e. The molecule has 1 spiro atoms. The smallest absolute Gasteiger partial charge is 0.331 e. The first-order valence-corrected chi connectivity index (χ1v) is 20.8. The van der Waals surface area contributed by atoms with Gasteiger partial charge in [-0.25, -0.2) is 4.79 Å². The number of esters is 2. The minimum atomic E-state index is -1.31. The second-order valence-corrected chi connectivity index (χ2v) is 17.0. The lowest BCUT2D eigenvalue weighted by Crippen LogP contribution is -2.69. The molecule has 7 atom stereocenters. The first kappa shape index (κ1) is 38.6. The number of carbonyl (C=O) groups excluding carboxylic acids is 2. The Labute approximate surface area is 341 Å². The number of thioether (sulfide) groups is 1. The summed E-state index contributed by atoms with van der Waals surface area (Å²) in [5, 5.41) is 26.3. The van der Waals surface area contributed by atoms with Crippen molar-refractivity contribution in [3.63, 3.8) is 0 Å². The van der Waals surface area contributed by atoms with Crippen LogP contribution in [0.2, 0.25) is 0 Å². The fourth-order valence-electron chi connectivity index (χ4n) is 10.5. The summed E-state index contributed by atoms with van der Waals surface area (Å²) in [7, 11) is 5.14. The van der Waals surface area contributed by atoms with Gasteiger partial charge in [0.05, 0.1) is 44.2 Å². The molecule has 0 aromatic heterocycles. The Kier molecular flexibility index (Phi) is 9.62. The lowest BCUT2D eigenvalue weighted by Gasteiger charge is -2.62. The molecule has 4 bridgehead atoms. The maximum atomic E-state index is 15.0. The summed E-state index contributed by atoms with van der Waals surface area (Å²) in [4.78, 5) is 32.3. The van der Waals surface area contributed by atoms with E-state index in [1.54, 1.807) is 14.2 Å². The monoisotopic (exact) mass is 812 g/mol. The first-order chi connectivity index (χ1) is 28.0. The molecule has 2 N–H and O–H groups in total. The van der Waals surface area contributed by atoms with Crippen LogP contribution in [0.1, 0.15) is 82.1 Å². The second kappa shape index (κ2) is 14.4. The van der Waals surface area contributed by atoms with Crippen LogP contribution in [0, 0.1) is 25.2 Å². The number of phenols is 1. The highest BCUT2D eigenvalue weighted by molar-refractivity contribution is 7.99. The van der Waals surface area contributed by atoms with Crippen LogP contribution < -0.4 is 33.7 Å². The number of hydrogen-bond donors (Lipinski definition) is 2. The highest BCUT2D eigenvalue weighted by atomic mass is 32.2. The van der Waals surface area contributed by atoms with Crippen LogP contribution in [0.15, 0.2) is 18.2 Å². The van der Waals surface area contributed by atoms with Crippen molar-refractivity contribution in [2.45, 2.75) is 88.0 Å². The Bertz CT molecular complexity index is 2280. The van der Waals surface area contributed by atoms with Crippen LogP contribution in [0.3, 0.4) is 0 Å². The lowest BCUT2D eigenvalue weighted by molar-refractivity contribution is -0.157. The van der Waals surface area contributed by atoms with E-state index < -0.39 is 46.9 Å². The van der Waals surface area contributed by atoms with Gasteiger partial charge in [0, 0.05) is 53.6 Å². The average molecular weight is 813 g/mol. The fraction of sp³-hybridized carbons (Fsp3) is 0.512. The Morgan fingerprint density at radius 1 is 1.07 bits per heavy atom. The summed E-state index contributed by atoms with van der Waals surface area (Å²) in [6.07, 6.45) is 1.98. The number of piperazine rings is 1. The number of ether oxygens (including phenoxy) is 7. The van der Waals surface area contributed by atoms with Crippen molar-refractivity contribution in [3.05, 3.63) is 62.7 Å². The van der Waals surface area contributed by atoms with Gasteiger partial charge < -0.3 is 38.3 Å². The molecule has 7 heterocycles. The molecular formula is C43H48N4O10S. The summed E-state index contributed by atoms with van der Waals surface area (Å²) >= 11 is 1.52. The lowest BCUT2D eigenvalue weighted by atomic mass is 9.71. The molecule has 0 saturated carbocycles. The Morgan fingerprint density at radius 2 is 1.86 bits per heavy atom. The van der Waals surface area contributed by atoms with Crippen molar-refractivity contribution >= 4 is 23.7 Å². The van der Waals surface area contributed by atoms with E-state index in [2.05, 4.69) is 27.3 Å². The number of hydrogen-bond acceptors (Lipinski definition) is 15. The van der Waals surface area contributed by atoms with Crippen molar-refractivity contribution < 1.29 is 47.9 Å². The Morgan fingerprint density at radius 3 is 2.59 bits per heavy atom. The zero-order valence-electron chi connectivity index (χ0n) is 33.7. The molecular weight excluding hydrogens is 765 g/mol. The molecule has 1 unspecified atom stereocenters. The summed E-state index contributed by atoms with van der Waals surface area (Å²) in [5.41, 5.74) is 4.84. The minimum Gasteiger partial charge on any atom is -0.504 e. The molecule has 0 aliphatic carbocycles. The molecule has 2 fully saturated rings. The third-order valence-electron chi connectivity index (χ3n) is 12.9. The number of fused-ring (bicyclic) bond motifs is 9. The van der Waals surface area contributed by atoms with Crippen molar-refractivity contribution in [1.82, 2.24) is 15.1 Å². The van der Waals surface area contributed by atoms with E-state index in [0.29, 0.717) is 77.2 Å². The minimum absolute atomic E-state index is 0.0500. The number of likely N-dealkylation sites (N-methyl/N-ethyl adjacent to an activating group) is 1. The van der Waals surface area contributed by atoms with E-state index in [4.69, 9.17) is 33.2 Å². The standard InChI is InChI=1S/C43H48N4O10S/c1-8-11-53-30-14-23-9-10-45-43(25(23)15-29(30)51-6)18-58-41-33-32(40-39(55-19-56-40)21(3)38(33)57-22(4)48)28(17-54-42(43)50)47-27(16-44)26-13-24-12-20(2)37(52-7)36(49)31(24)34(35(41)47)46(26)5/h12,14-15,26-28,34-35,41,45,49H,8-11,13,17-19H2,1-7H3/t26-,27+,28-,34-,35?,41-,43-/m1/s1. The van der Waals surface area contributed by atoms with Gasteiger partial charge in [-0.15, -0.1) is 11.8 Å². The van der Waals surface area contributed by atoms with Gasteiger partial charge >= 0.3 is 11.9 Å². The third kappa shape index (κ3) is 5.48. The van der Waals surface area contributed by atoms with Crippen molar-refractivity contribution in [2.24, 2.45) is 0 Å². The number of methoxy groups -OCH3 is 2. The number of nitrogens with zero attached hydrogens (tertiary/aromatic N) is 3. The van der Waals surface area contributed by atoms with E-state index in [0.717, 1.165) is 34.2 Å². The van der Waals surface area contributed by atoms with Crippen LogP contribution in [0.5, 0.6) is 40.2 Å². The van der Waals surface area contributed by atoms with Gasteiger partial charge in [0.15, 0.2) is 40.0 Å². The number of aryl methyl sites for hydroxylation is 1. The molecule has 2 saturated heterocycles. The zero-order valence-corrected chi connectivity index (χ0v) is 34.5. The van der Waals surface area contributed by atoms with Gasteiger partial charge in [0.1, 0.15) is 18.4 Å². The molecule has 0 radical (unpaired) electrons. The van der Waals surface area contributed by atoms with Crippen molar-refractivity contribution in [1.29, 1.82) is 5.26 Å². The highest BCUT2D eigenvalue weighted by Gasteiger charge is 2.62. The van der Waals surface area contributed by atoms with Gasteiger partial charge in [-0.2, -0.15) is 5.26 Å². The van der Waals surface area contributed by atoms with Crippen molar-refractivity contribution in [2.75, 3.05) is 53.6 Å². The Hall–Kier alpha value is -4.88. The quantitative estimate of drug-likeness (QED) is 0.251. The van der Waals surface area contributed by atoms with E-state index >= 15 is 0 Å². The van der Waals surface area contributed by atoms with Crippen molar-refractivity contribution in [3.8, 4) is 46.3 Å². The van der Waals surface area contributed by atoms with Gasteiger partial charge in [-0.3, -0.25) is 19.9 Å². The summed E-state index contributed by atoms with van der Waals surface area (Å²) in [6, 6.07) is 5.91. The third-order valence-corrected chi connectivity index (χ3v) is 14.4. The summed E-state index contributed by atoms with van der Waals surface area (Å²) in [6.45, 7) is 7.99. The van der Waals surface area contributed by atoms with E-state index in [-0.39, 0.29) is 30.9 Å². The summed E-state index contributed by atoms with van der Waals surface area (Å²) < 4.78 is 42.7. The topological polar surface area (TPSA) is 161 Å². The predicted octanol–water partition coefficient (Wildman–Crippen LogP) is 5.07. The number of phenolic OH excluding ortho intramolecular Hbond substituents is 1. The SMILES string of the molecule is CCCOc1cc2c(cc1OC)[C@@]1(CS[C@@H]3c4c(OC(C)=O)c(C)c5c(c4[C@@H](COC1=O)N1C3[C@H]3c4c(cc(C)c(OC)c4O)C[C@H]([C@@H]1C#N)N3C)OCO5)NCC2. The molecule has 0 amide bonds. The molecule has 3 aromatic carbocycles. The number of carbonyl (C=O) groups is 2. The predicted molar refractivity (Wildman–Crippen MR) is 212 cm³/mol. The maximum absolute atomic E-state index is 15.0. The van der Waals surface area contributed by atoms with Crippen LogP contribution in [-0.2, 0) is 32.7 Å². The molecule has 3 aromatic rings. The second-order valence-electron chi connectivity index (χ2n) is 15.9. The molecule has 14 nitrogen and oxygen atoms in total. The zero-order chi connectivity index (χ0) is 40.8. The number of rotatable bonds is 6. The van der Waals surface area contributed by atoms with Crippen LogP contribution in [0.25, 0.3) is 0 Å². The van der Waals surface area contributed by atoms with Gasteiger partial charge in [0.2, 0.25) is 6.79 Å². The number of aromatic hydroxyl groups is 1. The average Bonchev–Trinajstić information content (AvgIpc) is 3.70. The molecule has 58 heavy (non-hydrogen) atoms. The molecule has 7 aliphatic heterocycles. The van der Waals surface area contributed by atoms with Crippen LogP contribution in [0.4, 0.5) is 0 Å². The molecule has 7 aliphatic rings. The van der Waals surface area contributed by atoms with Gasteiger partial charge in [-0.1, -0.05) is 13.0 Å². The number of benzene rings is 3. The number of nitrogens with one attached hydrogen (secondary N) is 1. The normalized spacial score (nSPS) is 28.0. The first-order valence-electron chi connectivity index (χ1n) is 19.8. The van der Waals surface area contributed by atoms with Crippen LogP contribution in [-0.4, -0.2) is 98.5 Å². The highest BCUT2D eigenvalue weighted by Crippen LogP contribution is 2.64. The van der Waals surface area contributed by atoms with Crippen LogP contribution >= 0.6 is 11.8 Å². The van der Waals surface area contributed by atoms with Gasteiger partial charge in [-0.05, 0) is 74.5 Å². The molecule has 306 valence electrons. The van der Waals surface area contributed by atoms with Gasteiger partial charge in [0.25, 0.3) is 0 Å². The number of nitriles is 1. The van der Waals surface area contributed by atoms with E-state index in [1.165, 1.54) is 18.7 Å². The maximum Gasteiger partial charge on any atom is 0.331 e. The molecule has 15 heteroatoms. The summed E-state index contributed by atoms with van der Waals surface area (Å²) in [5.74, 6) is 2.09. The Balaban J connectivity index is 1.31. The van der Waals surface area contributed by atoms with E-state index in [9.17, 15) is 20.0 Å².